The first-order chi connectivity index (χ1) is 8.74. The number of carbonyl (C=O) groups is 1. The summed E-state index contributed by atoms with van der Waals surface area (Å²) in [4.78, 5) is 14.9. The average molecular weight is 252 g/mol. The van der Waals surface area contributed by atoms with Crippen LogP contribution in [0.15, 0.2) is 0 Å². The van der Waals surface area contributed by atoms with Crippen molar-refractivity contribution < 1.29 is 4.79 Å². The van der Waals surface area contributed by atoms with Crippen LogP contribution in [0.2, 0.25) is 0 Å². The molecule has 2 N–H and O–H groups in total. The van der Waals surface area contributed by atoms with Crippen LogP contribution in [0.4, 0.5) is 0 Å². The number of nitrogens with zero attached hydrogens (tertiary/aromatic N) is 1. The largest absolute Gasteiger partial charge is 0.339 e. The van der Waals surface area contributed by atoms with Gasteiger partial charge >= 0.3 is 0 Å². The summed E-state index contributed by atoms with van der Waals surface area (Å²) in [7, 11) is 0. The number of hydrogen-bond donors (Lipinski definition) is 1. The predicted octanol–water partition coefficient (Wildman–Crippen LogP) is 2.69. The Hall–Kier alpha value is -0.570. The van der Waals surface area contributed by atoms with Crippen LogP contribution in [0.3, 0.4) is 0 Å². The summed E-state index contributed by atoms with van der Waals surface area (Å²) in [5.41, 5.74) is 6.23. The number of likely N-dealkylation sites (tertiary alicyclic amines) is 1. The van der Waals surface area contributed by atoms with E-state index >= 15 is 0 Å². The maximum atomic E-state index is 12.7. The second kappa shape index (κ2) is 6.55. The molecule has 1 amide bonds. The maximum absolute atomic E-state index is 12.7. The summed E-state index contributed by atoms with van der Waals surface area (Å²) in [5.74, 6) is 0.454. The summed E-state index contributed by atoms with van der Waals surface area (Å²) in [6.45, 7) is 3.16. The molecule has 0 radical (unpaired) electrons. The molecule has 1 heterocycles. The van der Waals surface area contributed by atoms with Crippen molar-refractivity contribution in [2.24, 2.45) is 11.7 Å². The van der Waals surface area contributed by atoms with E-state index in [0.717, 1.165) is 25.8 Å². The monoisotopic (exact) mass is 252 g/mol. The van der Waals surface area contributed by atoms with Gasteiger partial charge in [-0.05, 0) is 38.5 Å². The van der Waals surface area contributed by atoms with E-state index in [1.807, 2.05) is 0 Å². The van der Waals surface area contributed by atoms with Crippen LogP contribution in [0.25, 0.3) is 0 Å². The van der Waals surface area contributed by atoms with Crippen molar-refractivity contribution in [1.82, 2.24) is 4.90 Å². The van der Waals surface area contributed by atoms with E-state index in [9.17, 15) is 4.79 Å². The Balaban J connectivity index is 2.03. The Labute approximate surface area is 111 Å². The third kappa shape index (κ3) is 3.05. The van der Waals surface area contributed by atoms with Crippen molar-refractivity contribution in [3.8, 4) is 0 Å². The Bertz CT molecular complexity index is 276. The molecule has 1 saturated carbocycles. The van der Waals surface area contributed by atoms with Gasteiger partial charge in [0.15, 0.2) is 0 Å². The van der Waals surface area contributed by atoms with Crippen molar-refractivity contribution in [3.63, 3.8) is 0 Å². The van der Waals surface area contributed by atoms with E-state index in [4.69, 9.17) is 5.73 Å². The fourth-order valence-electron chi connectivity index (χ4n) is 3.57. The number of piperidine rings is 1. The number of rotatable bonds is 2. The van der Waals surface area contributed by atoms with Gasteiger partial charge in [0.25, 0.3) is 0 Å². The lowest BCUT2D eigenvalue weighted by Crippen LogP contribution is -2.49. The first-order valence-corrected chi connectivity index (χ1v) is 7.80. The molecule has 0 bridgehead atoms. The maximum Gasteiger partial charge on any atom is 0.227 e. The molecule has 3 nitrogen and oxygen atoms in total. The second-order valence-corrected chi connectivity index (χ2v) is 6.00. The van der Waals surface area contributed by atoms with E-state index < -0.39 is 0 Å². The molecule has 1 saturated heterocycles. The Morgan fingerprint density at radius 1 is 1.11 bits per heavy atom. The molecule has 3 unspecified atom stereocenters. The molecule has 18 heavy (non-hydrogen) atoms. The van der Waals surface area contributed by atoms with Gasteiger partial charge in [-0.1, -0.05) is 26.2 Å². The van der Waals surface area contributed by atoms with Crippen molar-refractivity contribution in [2.75, 3.05) is 6.54 Å². The SMILES string of the molecule is CCC1CCCCN1C(=O)C1CCCCCC1N. The van der Waals surface area contributed by atoms with Gasteiger partial charge in [-0.3, -0.25) is 4.79 Å². The number of nitrogens with two attached hydrogens (primary N) is 1. The molecule has 2 aliphatic rings. The van der Waals surface area contributed by atoms with Crippen LogP contribution in [0, 0.1) is 5.92 Å². The van der Waals surface area contributed by atoms with Gasteiger partial charge in [-0.2, -0.15) is 0 Å². The second-order valence-electron chi connectivity index (χ2n) is 6.00. The zero-order valence-corrected chi connectivity index (χ0v) is 11.7. The Kier molecular flexibility index (Phi) is 5.04. The van der Waals surface area contributed by atoms with E-state index in [1.165, 1.54) is 38.5 Å². The fourth-order valence-corrected chi connectivity index (χ4v) is 3.57. The van der Waals surface area contributed by atoms with Crippen molar-refractivity contribution in [2.45, 2.75) is 76.8 Å². The lowest BCUT2D eigenvalue weighted by molar-refractivity contribution is -0.140. The van der Waals surface area contributed by atoms with Crippen LogP contribution >= 0.6 is 0 Å². The lowest BCUT2D eigenvalue weighted by Gasteiger charge is -2.38. The minimum atomic E-state index is 0.0967. The van der Waals surface area contributed by atoms with Gasteiger partial charge < -0.3 is 10.6 Å². The number of amides is 1. The van der Waals surface area contributed by atoms with Gasteiger partial charge in [-0.15, -0.1) is 0 Å². The van der Waals surface area contributed by atoms with Crippen LogP contribution in [-0.2, 0) is 4.79 Å². The van der Waals surface area contributed by atoms with E-state index in [0.29, 0.717) is 11.9 Å². The topological polar surface area (TPSA) is 46.3 Å². The minimum absolute atomic E-state index is 0.0967. The van der Waals surface area contributed by atoms with Crippen LogP contribution in [0.5, 0.6) is 0 Å². The molecule has 104 valence electrons. The number of hydrogen-bond acceptors (Lipinski definition) is 2. The summed E-state index contributed by atoms with van der Waals surface area (Å²) in [6.07, 6.45) is 10.4. The lowest BCUT2D eigenvalue weighted by atomic mass is 9.91. The minimum Gasteiger partial charge on any atom is -0.339 e. The molecule has 2 rings (SSSR count). The van der Waals surface area contributed by atoms with Crippen molar-refractivity contribution in [3.05, 3.63) is 0 Å². The zero-order chi connectivity index (χ0) is 13.0. The zero-order valence-electron chi connectivity index (χ0n) is 11.7. The van der Waals surface area contributed by atoms with Crippen LogP contribution in [0.1, 0.15) is 64.7 Å². The molecule has 2 fully saturated rings. The van der Waals surface area contributed by atoms with Crippen LogP contribution in [-0.4, -0.2) is 29.4 Å². The molecule has 1 aliphatic heterocycles. The molecule has 0 aromatic carbocycles. The average Bonchev–Trinajstić information content (AvgIpc) is 2.62. The predicted molar refractivity (Wildman–Crippen MR) is 74.2 cm³/mol. The van der Waals surface area contributed by atoms with E-state index in [2.05, 4.69) is 11.8 Å². The summed E-state index contributed by atoms with van der Waals surface area (Å²) < 4.78 is 0. The first-order valence-electron chi connectivity index (χ1n) is 7.80. The highest BCUT2D eigenvalue weighted by Gasteiger charge is 2.34. The van der Waals surface area contributed by atoms with Crippen molar-refractivity contribution >= 4 is 5.91 Å². The van der Waals surface area contributed by atoms with Crippen molar-refractivity contribution in [1.29, 1.82) is 0 Å². The van der Waals surface area contributed by atoms with Gasteiger partial charge in [-0.25, -0.2) is 0 Å². The summed E-state index contributed by atoms with van der Waals surface area (Å²) in [5, 5.41) is 0. The third-order valence-electron chi connectivity index (χ3n) is 4.77. The quantitative estimate of drug-likeness (QED) is 0.768. The Morgan fingerprint density at radius 2 is 1.83 bits per heavy atom. The molecule has 3 atom stereocenters. The molecule has 1 aliphatic carbocycles. The molecular formula is C15H28N2O. The highest BCUT2D eigenvalue weighted by atomic mass is 16.2. The van der Waals surface area contributed by atoms with Gasteiger partial charge in [0.05, 0.1) is 5.92 Å². The van der Waals surface area contributed by atoms with Gasteiger partial charge in [0.2, 0.25) is 5.91 Å². The molecule has 0 aromatic rings. The van der Waals surface area contributed by atoms with E-state index in [-0.39, 0.29) is 12.0 Å². The molecule has 3 heteroatoms. The first kappa shape index (κ1) is 13.9. The summed E-state index contributed by atoms with van der Waals surface area (Å²) >= 11 is 0. The van der Waals surface area contributed by atoms with Gasteiger partial charge in [0, 0.05) is 18.6 Å². The van der Waals surface area contributed by atoms with E-state index in [1.54, 1.807) is 0 Å². The highest BCUT2D eigenvalue weighted by molar-refractivity contribution is 5.80. The molecule has 0 aromatic heterocycles. The smallest absolute Gasteiger partial charge is 0.227 e. The highest BCUT2D eigenvalue weighted by Crippen LogP contribution is 2.28. The fraction of sp³-hybridized carbons (Fsp3) is 0.933. The molecular weight excluding hydrogens is 224 g/mol. The third-order valence-corrected chi connectivity index (χ3v) is 4.77. The Morgan fingerprint density at radius 3 is 2.61 bits per heavy atom. The standard InChI is InChI=1S/C15H28N2O/c1-2-12-8-6-7-11-17(12)15(18)13-9-4-3-5-10-14(13)16/h12-14H,2-11,16H2,1H3. The number of carbonyl (C=O) groups excluding carboxylic acids is 1. The van der Waals surface area contributed by atoms with Gasteiger partial charge in [0.1, 0.15) is 0 Å². The van der Waals surface area contributed by atoms with Crippen LogP contribution < -0.4 is 5.73 Å². The summed E-state index contributed by atoms with van der Waals surface area (Å²) in [6, 6.07) is 0.570. The molecule has 0 spiro atoms. The normalized spacial score (nSPS) is 34.1.